The van der Waals surface area contributed by atoms with Crippen LogP contribution in [-0.2, 0) is 9.53 Å². The van der Waals surface area contributed by atoms with E-state index in [4.69, 9.17) is 4.74 Å². The van der Waals surface area contributed by atoms with Gasteiger partial charge in [0.1, 0.15) is 6.10 Å². The Labute approximate surface area is 157 Å². The Hall–Kier alpha value is -2.18. The highest BCUT2D eigenvalue weighted by Crippen LogP contribution is 2.34. The molecule has 3 heterocycles. The minimum atomic E-state index is -0.379. The van der Waals surface area contributed by atoms with Gasteiger partial charge in [-0.3, -0.25) is 9.59 Å². The summed E-state index contributed by atoms with van der Waals surface area (Å²) in [4.78, 5) is 27.2. The second-order valence-corrected chi connectivity index (χ2v) is 7.57. The van der Waals surface area contributed by atoms with Gasteiger partial charge < -0.3 is 15.0 Å². The maximum absolute atomic E-state index is 13.0. The number of hydrogen-bond acceptors (Lipinski definition) is 4. The summed E-state index contributed by atoms with van der Waals surface area (Å²) >= 11 is 1.66. The largest absolute Gasteiger partial charge is 0.368 e. The van der Waals surface area contributed by atoms with Gasteiger partial charge in [-0.25, -0.2) is 0 Å². The monoisotopic (exact) mass is 370 g/mol. The maximum Gasteiger partial charge on any atom is 0.254 e. The zero-order valence-corrected chi connectivity index (χ0v) is 15.3. The minimum absolute atomic E-state index is 0.0203. The molecule has 1 aromatic carbocycles. The lowest BCUT2D eigenvalue weighted by atomic mass is 10.1. The summed E-state index contributed by atoms with van der Waals surface area (Å²) in [5.74, 6) is -0.115. The van der Waals surface area contributed by atoms with Crippen LogP contribution in [0.15, 0.2) is 41.1 Å². The summed E-state index contributed by atoms with van der Waals surface area (Å²) in [6.45, 7) is 1.40. The lowest BCUT2D eigenvalue weighted by Gasteiger charge is -2.24. The van der Waals surface area contributed by atoms with Crippen molar-refractivity contribution in [2.24, 2.45) is 0 Å². The number of thiophene rings is 1. The van der Waals surface area contributed by atoms with Crippen LogP contribution in [0.3, 0.4) is 0 Å². The Kier molecular flexibility index (Phi) is 5.04. The number of nitrogens with zero attached hydrogens (tertiary/aromatic N) is 1. The van der Waals surface area contributed by atoms with E-state index < -0.39 is 0 Å². The predicted octanol–water partition coefficient (Wildman–Crippen LogP) is 3.84. The molecule has 2 fully saturated rings. The molecule has 6 heteroatoms. The molecule has 5 nitrogen and oxygen atoms in total. The lowest BCUT2D eigenvalue weighted by Crippen LogP contribution is -2.30. The fourth-order valence-corrected chi connectivity index (χ4v) is 4.43. The van der Waals surface area contributed by atoms with Gasteiger partial charge in [-0.1, -0.05) is 6.07 Å². The first-order chi connectivity index (χ1) is 12.7. The van der Waals surface area contributed by atoms with Gasteiger partial charge in [0.15, 0.2) is 0 Å². The minimum Gasteiger partial charge on any atom is -0.368 e. The Morgan fingerprint density at radius 1 is 1.19 bits per heavy atom. The van der Waals surface area contributed by atoms with Crippen molar-refractivity contribution < 1.29 is 14.3 Å². The summed E-state index contributed by atoms with van der Waals surface area (Å²) in [7, 11) is 0. The molecule has 26 heavy (non-hydrogen) atoms. The van der Waals surface area contributed by atoms with Crippen molar-refractivity contribution in [1.29, 1.82) is 0 Å². The molecule has 2 amide bonds. The van der Waals surface area contributed by atoms with Gasteiger partial charge >= 0.3 is 0 Å². The van der Waals surface area contributed by atoms with Gasteiger partial charge in [0.2, 0.25) is 0 Å². The number of benzene rings is 1. The van der Waals surface area contributed by atoms with E-state index >= 15 is 0 Å². The van der Waals surface area contributed by atoms with Crippen LogP contribution in [0.1, 0.15) is 47.6 Å². The molecule has 136 valence electrons. The van der Waals surface area contributed by atoms with E-state index in [2.05, 4.69) is 22.1 Å². The van der Waals surface area contributed by atoms with Crippen LogP contribution in [0, 0.1) is 0 Å². The smallest absolute Gasteiger partial charge is 0.254 e. The summed E-state index contributed by atoms with van der Waals surface area (Å²) in [6.07, 6.45) is 3.30. The van der Waals surface area contributed by atoms with Crippen LogP contribution in [-0.4, -0.2) is 36.0 Å². The molecule has 2 atom stereocenters. The van der Waals surface area contributed by atoms with E-state index in [0.29, 0.717) is 17.9 Å². The van der Waals surface area contributed by atoms with Crippen molar-refractivity contribution in [3.63, 3.8) is 0 Å². The van der Waals surface area contributed by atoms with Gasteiger partial charge in [-0.15, -0.1) is 0 Å². The molecular weight excluding hydrogens is 348 g/mol. The van der Waals surface area contributed by atoms with Crippen LogP contribution >= 0.6 is 11.3 Å². The van der Waals surface area contributed by atoms with Crippen molar-refractivity contribution in [2.45, 2.75) is 37.8 Å². The number of hydrogen-bond donors (Lipinski definition) is 1. The first-order valence-electron chi connectivity index (χ1n) is 9.08. The van der Waals surface area contributed by atoms with Crippen molar-refractivity contribution in [3.8, 4) is 0 Å². The fraction of sp³-hybridized carbons (Fsp3) is 0.400. The first kappa shape index (κ1) is 17.2. The molecule has 0 spiro atoms. The molecule has 1 aromatic heterocycles. The molecule has 2 aliphatic rings. The van der Waals surface area contributed by atoms with Crippen molar-refractivity contribution in [1.82, 2.24) is 4.90 Å². The first-order valence-corrected chi connectivity index (χ1v) is 10.0. The third-order valence-corrected chi connectivity index (χ3v) is 5.74. The Morgan fingerprint density at radius 3 is 2.88 bits per heavy atom. The number of carbonyl (C=O) groups is 2. The average Bonchev–Trinajstić information content (AvgIpc) is 3.43. The van der Waals surface area contributed by atoms with Crippen LogP contribution in [0.2, 0.25) is 0 Å². The van der Waals surface area contributed by atoms with E-state index in [9.17, 15) is 9.59 Å². The Morgan fingerprint density at radius 2 is 2.12 bits per heavy atom. The molecule has 1 N–H and O–H groups in total. The number of carbonyl (C=O) groups excluding carboxylic acids is 2. The SMILES string of the molecule is O=C(Nc1cccc(C(=O)N2CCCC2c2ccsc2)c1)C1CCCO1. The second kappa shape index (κ2) is 7.60. The molecule has 0 aliphatic carbocycles. The van der Waals surface area contributed by atoms with Crippen LogP contribution in [0.4, 0.5) is 5.69 Å². The average molecular weight is 370 g/mol. The standard InChI is InChI=1S/C20H22N2O3S/c23-19(18-7-3-10-25-18)21-16-5-1-4-14(12-16)20(24)22-9-2-6-17(22)15-8-11-26-13-15/h1,4-5,8,11-13,17-18H,2-3,6-7,9-10H2,(H,21,23). The van der Waals surface area contributed by atoms with E-state index in [1.807, 2.05) is 23.1 Å². The van der Waals surface area contributed by atoms with Gasteiger partial charge in [0, 0.05) is 24.4 Å². The molecule has 0 bridgehead atoms. The molecular formula is C20H22N2O3S. The van der Waals surface area contributed by atoms with Crippen molar-refractivity contribution in [2.75, 3.05) is 18.5 Å². The highest BCUT2D eigenvalue weighted by molar-refractivity contribution is 7.08. The zero-order valence-electron chi connectivity index (χ0n) is 14.5. The quantitative estimate of drug-likeness (QED) is 0.889. The molecule has 2 unspecified atom stereocenters. The fourth-order valence-electron chi connectivity index (χ4n) is 3.72. The van der Waals surface area contributed by atoms with Gasteiger partial charge in [-0.05, 0) is 66.3 Å². The molecule has 0 saturated carbocycles. The molecule has 0 radical (unpaired) electrons. The highest BCUT2D eigenvalue weighted by atomic mass is 32.1. The van der Waals surface area contributed by atoms with Gasteiger partial charge in [-0.2, -0.15) is 11.3 Å². The van der Waals surface area contributed by atoms with E-state index in [0.717, 1.165) is 32.2 Å². The number of amides is 2. The third-order valence-electron chi connectivity index (χ3n) is 5.04. The summed E-state index contributed by atoms with van der Waals surface area (Å²) in [6, 6.07) is 9.45. The summed E-state index contributed by atoms with van der Waals surface area (Å²) < 4.78 is 5.42. The predicted molar refractivity (Wildman–Crippen MR) is 101 cm³/mol. The van der Waals surface area contributed by atoms with Crippen LogP contribution in [0.25, 0.3) is 0 Å². The second-order valence-electron chi connectivity index (χ2n) is 6.78. The van der Waals surface area contributed by atoms with Crippen LogP contribution < -0.4 is 5.32 Å². The third kappa shape index (κ3) is 3.52. The van der Waals surface area contributed by atoms with Gasteiger partial charge in [0.05, 0.1) is 6.04 Å². The number of ether oxygens (including phenoxy) is 1. The number of likely N-dealkylation sites (tertiary alicyclic amines) is 1. The number of nitrogens with one attached hydrogen (secondary N) is 1. The molecule has 2 aromatic rings. The van der Waals surface area contributed by atoms with E-state index in [1.54, 1.807) is 17.4 Å². The van der Waals surface area contributed by atoms with E-state index in [1.165, 1.54) is 5.56 Å². The molecule has 2 aliphatic heterocycles. The lowest BCUT2D eigenvalue weighted by molar-refractivity contribution is -0.124. The molecule has 2 saturated heterocycles. The maximum atomic E-state index is 13.0. The Balaban J connectivity index is 1.48. The Bertz CT molecular complexity index is 784. The number of rotatable bonds is 4. The van der Waals surface area contributed by atoms with Crippen LogP contribution in [0.5, 0.6) is 0 Å². The van der Waals surface area contributed by atoms with Crippen molar-refractivity contribution >= 4 is 28.8 Å². The zero-order chi connectivity index (χ0) is 17.9. The summed E-state index contributed by atoms with van der Waals surface area (Å²) in [5, 5.41) is 7.05. The van der Waals surface area contributed by atoms with E-state index in [-0.39, 0.29) is 24.0 Å². The highest BCUT2D eigenvalue weighted by Gasteiger charge is 2.31. The normalized spacial score (nSPS) is 22.5. The molecule has 4 rings (SSSR count). The van der Waals surface area contributed by atoms with Crippen molar-refractivity contribution in [3.05, 3.63) is 52.2 Å². The summed E-state index contributed by atoms with van der Waals surface area (Å²) in [5.41, 5.74) is 2.46. The topological polar surface area (TPSA) is 58.6 Å². The number of anilines is 1. The van der Waals surface area contributed by atoms with Gasteiger partial charge in [0.25, 0.3) is 11.8 Å².